The molecule has 2 aromatic carbocycles. The Kier molecular flexibility index (Phi) is 5.41. The van der Waals surface area contributed by atoms with Crippen molar-refractivity contribution in [1.29, 1.82) is 0 Å². The van der Waals surface area contributed by atoms with E-state index in [-0.39, 0.29) is 18.2 Å². The summed E-state index contributed by atoms with van der Waals surface area (Å²) in [6, 6.07) is 14.2. The van der Waals surface area contributed by atoms with Crippen LogP contribution >= 0.6 is 0 Å². The van der Waals surface area contributed by atoms with Gasteiger partial charge in [0.05, 0.1) is 20.6 Å². The van der Waals surface area contributed by atoms with Crippen molar-refractivity contribution in [1.82, 2.24) is 10.2 Å². The average Bonchev–Trinajstić information content (AvgIpc) is 2.68. The number of hydrogen-bond donors (Lipinski definition) is 1. The molecule has 0 aliphatic carbocycles. The lowest BCUT2D eigenvalue weighted by Gasteiger charge is -2.35. The van der Waals surface area contributed by atoms with Crippen LogP contribution < -0.4 is 14.8 Å². The number of nitrogens with zero attached hydrogens (tertiary/aromatic N) is 1. The summed E-state index contributed by atoms with van der Waals surface area (Å²) in [4.78, 5) is 27.0. The molecule has 1 N–H and O–H groups in total. The standard InChI is InChI=1S/C20H22N2O4/c1-25-16-9-8-14(12-17(16)26-2)13-18(23)22-11-10-21-20(24)19(22)15-6-4-3-5-7-15/h3-9,12,19H,10-11,13H2,1-2H3,(H,21,24). The summed E-state index contributed by atoms with van der Waals surface area (Å²) in [7, 11) is 3.13. The summed E-state index contributed by atoms with van der Waals surface area (Å²) in [6.07, 6.45) is 0.191. The highest BCUT2D eigenvalue weighted by Crippen LogP contribution is 2.29. The zero-order chi connectivity index (χ0) is 18.5. The van der Waals surface area contributed by atoms with Gasteiger partial charge in [-0.25, -0.2) is 0 Å². The molecule has 0 radical (unpaired) electrons. The Balaban J connectivity index is 1.82. The monoisotopic (exact) mass is 354 g/mol. The Hall–Kier alpha value is -3.02. The molecule has 3 rings (SSSR count). The quantitative estimate of drug-likeness (QED) is 0.891. The maximum Gasteiger partial charge on any atom is 0.247 e. The van der Waals surface area contributed by atoms with Gasteiger partial charge in [0.2, 0.25) is 11.8 Å². The van der Waals surface area contributed by atoms with Gasteiger partial charge in [-0.05, 0) is 23.3 Å². The second-order valence-corrected chi connectivity index (χ2v) is 6.06. The topological polar surface area (TPSA) is 67.9 Å². The van der Waals surface area contributed by atoms with Gasteiger partial charge in [-0.15, -0.1) is 0 Å². The number of hydrogen-bond acceptors (Lipinski definition) is 4. The first-order chi connectivity index (χ1) is 12.6. The summed E-state index contributed by atoms with van der Waals surface area (Å²) < 4.78 is 10.5. The summed E-state index contributed by atoms with van der Waals surface area (Å²) in [5.74, 6) is 0.945. The normalized spacial score (nSPS) is 16.8. The van der Waals surface area contributed by atoms with Gasteiger partial charge in [0.1, 0.15) is 6.04 Å². The van der Waals surface area contributed by atoms with Gasteiger partial charge in [-0.3, -0.25) is 9.59 Å². The Morgan fingerprint density at radius 2 is 1.85 bits per heavy atom. The van der Waals surface area contributed by atoms with Crippen LogP contribution in [0.1, 0.15) is 17.2 Å². The predicted octanol–water partition coefficient (Wildman–Crippen LogP) is 1.95. The number of methoxy groups -OCH3 is 2. The Morgan fingerprint density at radius 3 is 2.54 bits per heavy atom. The van der Waals surface area contributed by atoms with Crippen LogP contribution in [0.5, 0.6) is 11.5 Å². The van der Waals surface area contributed by atoms with Gasteiger partial charge in [0, 0.05) is 13.1 Å². The van der Waals surface area contributed by atoms with Crippen LogP contribution in [-0.4, -0.2) is 44.0 Å². The van der Waals surface area contributed by atoms with E-state index in [1.54, 1.807) is 31.3 Å². The van der Waals surface area contributed by atoms with Crippen LogP contribution in [0.25, 0.3) is 0 Å². The molecule has 1 saturated heterocycles. The van der Waals surface area contributed by atoms with E-state index in [1.165, 1.54) is 0 Å². The third kappa shape index (κ3) is 3.64. The highest BCUT2D eigenvalue weighted by molar-refractivity contribution is 5.90. The number of carbonyl (C=O) groups is 2. The molecule has 1 fully saturated rings. The number of rotatable bonds is 5. The van der Waals surface area contributed by atoms with Gasteiger partial charge in [-0.2, -0.15) is 0 Å². The average molecular weight is 354 g/mol. The fraction of sp³-hybridized carbons (Fsp3) is 0.300. The summed E-state index contributed by atoms with van der Waals surface area (Å²) in [6.45, 7) is 0.942. The summed E-state index contributed by atoms with van der Waals surface area (Å²) >= 11 is 0. The molecule has 0 aromatic heterocycles. The second-order valence-electron chi connectivity index (χ2n) is 6.06. The lowest BCUT2D eigenvalue weighted by Crippen LogP contribution is -2.52. The Bertz CT molecular complexity index is 792. The van der Waals surface area contributed by atoms with Crippen molar-refractivity contribution in [2.24, 2.45) is 0 Å². The molecule has 6 heteroatoms. The van der Waals surface area contributed by atoms with Crippen molar-refractivity contribution in [2.75, 3.05) is 27.3 Å². The molecule has 2 amide bonds. The first-order valence-electron chi connectivity index (χ1n) is 8.47. The van der Waals surface area contributed by atoms with Crippen LogP contribution in [-0.2, 0) is 16.0 Å². The van der Waals surface area contributed by atoms with Gasteiger partial charge >= 0.3 is 0 Å². The largest absolute Gasteiger partial charge is 0.493 e. The zero-order valence-corrected chi connectivity index (χ0v) is 14.9. The first kappa shape index (κ1) is 17.8. The van der Waals surface area contributed by atoms with Crippen molar-refractivity contribution in [3.8, 4) is 11.5 Å². The lowest BCUT2D eigenvalue weighted by atomic mass is 10.0. The summed E-state index contributed by atoms with van der Waals surface area (Å²) in [5, 5.41) is 2.84. The van der Waals surface area contributed by atoms with Gasteiger partial charge in [-0.1, -0.05) is 36.4 Å². The van der Waals surface area contributed by atoms with Crippen LogP contribution in [0.4, 0.5) is 0 Å². The third-order valence-electron chi connectivity index (χ3n) is 4.45. The lowest BCUT2D eigenvalue weighted by molar-refractivity contribution is -0.143. The zero-order valence-electron chi connectivity index (χ0n) is 14.9. The molecule has 1 aliphatic heterocycles. The minimum absolute atomic E-state index is 0.0964. The number of piperazine rings is 1. The maximum atomic E-state index is 12.9. The van der Waals surface area contributed by atoms with Crippen molar-refractivity contribution >= 4 is 11.8 Å². The molecular formula is C20H22N2O4. The van der Waals surface area contributed by atoms with Crippen molar-refractivity contribution in [2.45, 2.75) is 12.5 Å². The fourth-order valence-electron chi connectivity index (χ4n) is 3.17. The van der Waals surface area contributed by atoms with E-state index in [0.29, 0.717) is 24.6 Å². The molecule has 1 atom stereocenters. The number of nitrogens with one attached hydrogen (secondary N) is 1. The highest BCUT2D eigenvalue weighted by Gasteiger charge is 2.34. The number of carbonyl (C=O) groups excluding carboxylic acids is 2. The molecule has 1 aliphatic rings. The van der Waals surface area contributed by atoms with Crippen LogP contribution in [0, 0.1) is 0 Å². The molecule has 136 valence electrons. The van der Waals surface area contributed by atoms with Crippen LogP contribution in [0.2, 0.25) is 0 Å². The molecular weight excluding hydrogens is 332 g/mol. The van der Waals surface area contributed by atoms with Crippen molar-refractivity contribution in [3.05, 3.63) is 59.7 Å². The van der Waals surface area contributed by atoms with Crippen molar-refractivity contribution < 1.29 is 19.1 Å². The van der Waals surface area contributed by atoms with Gasteiger partial charge in [0.25, 0.3) is 0 Å². The molecule has 0 spiro atoms. The van der Waals surface area contributed by atoms with Gasteiger partial charge in [0.15, 0.2) is 11.5 Å². The van der Waals surface area contributed by atoms with E-state index in [4.69, 9.17) is 9.47 Å². The molecule has 1 unspecified atom stereocenters. The Morgan fingerprint density at radius 1 is 1.12 bits per heavy atom. The molecule has 0 saturated carbocycles. The smallest absolute Gasteiger partial charge is 0.247 e. The molecule has 2 aromatic rings. The number of amides is 2. The summed E-state index contributed by atoms with van der Waals surface area (Å²) in [5.41, 5.74) is 1.62. The van der Waals surface area contributed by atoms with E-state index < -0.39 is 6.04 Å². The third-order valence-corrected chi connectivity index (χ3v) is 4.45. The Labute approximate surface area is 152 Å². The molecule has 0 bridgehead atoms. The van der Waals surface area contributed by atoms with E-state index in [2.05, 4.69) is 5.32 Å². The second kappa shape index (κ2) is 7.91. The van der Waals surface area contributed by atoms with Crippen molar-refractivity contribution in [3.63, 3.8) is 0 Å². The number of benzene rings is 2. The van der Waals surface area contributed by atoms with Crippen LogP contribution in [0.15, 0.2) is 48.5 Å². The van der Waals surface area contributed by atoms with E-state index in [0.717, 1.165) is 11.1 Å². The number of ether oxygens (including phenoxy) is 2. The SMILES string of the molecule is COc1ccc(CC(=O)N2CCNC(=O)C2c2ccccc2)cc1OC. The van der Waals surface area contributed by atoms with E-state index in [9.17, 15) is 9.59 Å². The minimum Gasteiger partial charge on any atom is -0.493 e. The fourth-order valence-corrected chi connectivity index (χ4v) is 3.17. The highest BCUT2D eigenvalue weighted by atomic mass is 16.5. The minimum atomic E-state index is -0.599. The predicted molar refractivity (Wildman–Crippen MR) is 97.2 cm³/mol. The van der Waals surface area contributed by atoms with E-state index >= 15 is 0 Å². The van der Waals surface area contributed by atoms with E-state index in [1.807, 2.05) is 36.4 Å². The maximum absolute atomic E-state index is 12.9. The molecule has 6 nitrogen and oxygen atoms in total. The molecule has 26 heavy (non-hydrogen) atoms. The van der Waals surface area contributed by atoms with Crippen LogP contribution in [0.3, 0.4) is 0 Å². The molecule has 1 heterocycles. The van der Waals surface area contributed by atoms with Gasteiger partial charge < -0.3 is 19.7 Å². The first-order valence-corrected chi connectivity index (χ1v) is 8.47.